The lowest BCUT2D eigenvalue weighted by atomic mass is 9.93. The Bertz CT molecular complexity index is 1020. The van der Waals surface area contributed by atoms with Crippen LogP contribution in [0.2, 0.25) is 10.0 Å². The van der Waals surface area contributed by atoms with E-state index in [1.165, 1.54) is 18.2 Å². The maximum Gasteiger partial charge on any atom is 0.354 e. The number of nitrogens with zero attached hydrogens (tertiary/aromatic N) is 2. The van der Waals surface area contributed by atoms with Crippen molar-refractivity contribution in [1.82, 2.24) is 5.43 Å². The fourth-order valence-electron chi connectivity index (χ4n) is 3.36. The molecule has 2 heterocycles. The van der Waals surface area contributed by atoms with Gasteiger partial charge < -0.3 is 4.74 Å². The van der Waals surface area contributed by atoms with Gasteiger partial charge in [0.1, 0.15) is 17.9 Å². The van der Waals surface area contributed by atoms with Crippen LogP contribution < -0.4 is 10.3 Å². The molecule has 7 nitrogen and oxygen atoms in total. The highest BCUT2D eigenvalue weighted by Gasteiger charge is 2.56. The second-order valence-corrected chi connectivity index (χ2v) is 7.70. The molecule has 2 aliphatic rings. The van der Waals surface area contributed by atoms with Crippen LogP contribution in [0.15, 0.2) is 53.6 Å². The van der Waals surface area contributed by atoms with Crippen LogP contribution >= 0.6 is 23.2 Å². The van der Waals surface area contributed by atoms with Gasteiger partial charge in [0, 0.05) is 16.5 Å². The SMILES string of the molecule is O=C(OCc1ccccc1)C1=NNC2(CC(=O)N(c3cc(Cl)cc(Cl)c3)C2=O)C1. The summed E-state index contributed by atoms with van der Waals surface area (Å²) in [6.45, 7) is 0.0890. The molecule has 4 rings (SSSR count). The molecule has 1 atom stereocenters. The number of anilines is 1. The van der Waals surface area contributed by atoms with Crippen molar-refractivity contribution in [3.05, 3.63) is 64.1 Å². The van der Waals surface area contributed by atoms with Gasteiger partial charge in [-0.25, -0.2) is 9.69 Å². The third-order valence-electron chi connectivity index (χ3n) is 4.74. The Morgan fingerprint density at radius 1 is 1.10 bits per heavy atom. The number of benzene rings is 2. The monoisotopic (exact) mass is 431 g/mol. The lowest BCUT2D eigenvalue weighted by Crippen LogP contribution is -2.47. The first kappa shape index (κ1) is 19.4. The molecule has 1 N–H and O–H groups in total. The minimum absolute atomic E-state index is 0.0456. The van der Waals surface area contributed by atoms with Crippen molar-refractivity contribution < 1.29 is 19.1 Å². The fourth-order valence-corrected chi connectivity index (χ4v) is 3.87. The molecule has 1 spiro atoms. The molecule has 1 fully saturated rings. The molecule has 148 valence electrons. The summed E-state index contributed by atoms with van der Waals surface area (Å²) in [6, 6.07) is 13.7. The molecule has 0 aliphatic carbocycles. The smallest absolute Gasteiger partial charge is 0.354 e. The number of hydrogen-bond acceptors (Lipinski definition) is 6. The van der Waals surface area contributed by atoms with Gasteiger partial charge >= 0.3 is 5.97 Å². The average Bonchev–Trinajstić information content (AvgIpc) is 3.21. The Morgan fingerprint density at radius 2 is 1.79 bits per heavy atom. The molecule has 29 heavy (non-hydrogen) atoms. The van der Waals surface area contributed by atoms with Crippen molar-refractivity contribution in [1.29, 1.82) is 0 Å². The maximum atomic E-state index is 13.0. The van der Waals surface area contributed by atoms with Gasteiger partial charge in [-0.05, 0) is 23.8 Å². The predicted molar refractivity (Wildman–Crippen MR) is 108 cm³/mol. The number of ether oxygens (including phenoxy) is 1. The Labute approximate surface area is 176 Å². The topological polar surface area (TPSA) is 88.1 Å². The maximum absolute atomic E-state index is 13.0. The van der Waals surface area contributed by atoms with Crippen LogP contribution in [-0.4, -0.2) is 29.0 Å². The molecule has 0 aromatic heterocycles. The van der Waals surface area contributed by atoms with E-state index in [2.05, 4.69) is 10.5 Å². The molecular weight excluding hydrogens is 417 g/mol. The van der Waals surface area contributed by atoms with Gasteiger partial charge in [-0.15, -0.1) is 0 Å². The molecule has 0 saturated carbocycles. The number of rotatable bonds is 4. The number of esters is 1. The minimum Gasteiger partial charge on any atom is -0.456 e. The number of carbonyl (C=O) groups excluding carboxylic acids is 3. The number of imide groups is 1. The first-order valence-corrected chi connectivity index (χ1v) is 9.52. The van der Waals surface area contributed by atoms with Gasteiger partial charge in [-0.3, -0.25) is 15.0 Å². The first-order chi connectivity index (χ1) is 13.9. The van der Waals surface area contributed by atoms with Gasteiger partial charge in [0.15, 0.2) is 0 Å². The number of amides is 2. The number of hydrogen-bond donors (Lipinski definition) is 1. The number of nitrogens with one attached hydrogen (secondary N) is 1. The van der Waals surface area contributed by atoms with Crippen LogP contribution in [0.1, 0.15) is 18.4 Å². The zero-order valence-electron chi connectivity index (χ0n) is 15.0. The van der Waals surface area contributed by atoms with Crippen LogP contribution in [-0.2, 0) is 25.7 Å². The second kappa shape index (κ2) is 7.50. The van der Waals surface area contributed by atoms with E-state index < -0.39 is 23.3 Å². The predicted octanol–water partition coefficient (Wildman–Crippen LogP) is 3.09. The average molecular weight is 432 g/mol. The summed E-state index contributed by atoms with van der Waals surface area (Å²) in [6.07, 6.45) is -0.190. The van der Waals surface area contributed by atoms with E-state index in [1.807, 2.05) is 30.3 Å². The first-order valence-electron chi connectivity index (χ1n) is 8.76. The zero-order valence-corrected chi connectivity index (χ0v) is 16.5. The van der Waals surface area contributed by atoms with Crippen LogP contribution in [0.5, 0.6) is 0 Å². The Balaban J connectivity index is 1.47. The molecule has 9 heteroatoms. The minimum atomic E-state index is -1.31. The van der Waals surface area contributed by atoms with E-state index in [4.69, 9.17) is 27.9 Å². The van der Waals surface area contributed by atoms with Crippen LogP contribution in [0.25, 0.3) is 0 Å². The van der Waals surface area contributed by atoms with E-state index in [-0.39, 0.29) is 30.8 Å². The highest BCUT2D eigenvalue weighted by Crippen LogP contribution is 2.36. The summed E-state index contributed by atoms with van der Waals surface area (Å²) in [7, 11) is 0. The third-order valence-corrected chi connectivity index (χ3v) is 5.18. The van der Waals surface area contributed by atoms with Crippen molar-refractivity contribution >= 4 is 52.4 Å². The summed E-state index contributed by atoms with van der Waals surface area (Å²) in [4.78, 5) is 39.0. The number of halogens is 2. The quantitative estimate of drug-likeness (QED) is 0.593. The Morgan fingerprint density at radius 3 is 2.48 bits per heavy atom. The lowest BCUT2D eigenvalue weighted by molar-refractivity contribution is -0.136. The number of hydrazone groups is 1. The third kappa shape index (κ3) is 3.71. The standard InChI is InChI=1S/C20H15Cl2N3O4/c21-13-6-14(22)8-15(7-13)25-17(26)10-20(19(25)28)9-16(23-24-20)18(27)29-11-12-4-2-1-3-5-12/h1-8,24H,9-11H2. The molecule has 2 aromatic carbocycles. The zero-order chi connectivity index (χ0) is 20.6. The summed E-state index contributed by atoms with van der Waals surface area (Å²) in [5.41, 5.74) is 2.54. The second-order valence-electron chi connectivity index (χ2n) is 6.83. The van der Waals surface area contributed by atoms with Crippen molar-refractivity contribution in [2.45, 2.75) is 25.0 Å². The summed E-state index contributed by atoms with van der Waals surface area (Å²) in [5, 5.41) is 4.57. The summed E-state index contributed by atoms with van der Waals surface area (Å²) in [5.74, 6) is -1.59. The van der Waals surface area contributed by atoms with Crippen molar-refractivity contribution in [2.75, 3.05) is 4.90 Å². The van der Waals surface area contributed by atoms with E-state index >= 15 is 0 Å². The molecule has 2 aliphatic heterocycles. The van der Waals surface area contributed by atoms with Crippen LogP contribution in [0, 0.1) is 0 Å². The van der Waals surface area contributed by atoms with Gasteiger partial charge in [0.25, 0.3) is 5.91 Å². The van der Waals surface area contributed by atoms with E-state index in [9.17, 15) is 14.4 Å². The molecule has 1 saturated heterocycles. The van der Waals surface area contributed by atoms with Crippen LogP contribution in [0.4, 0.5) is 5.69 Å². The summed E-state index contributed by atoms with van der Waals surface area (Å²) < 4.78 is 5.27. The van der Waals surface area contributed by atoms with E-state index in [0.29, 0.717) is 10.0 Å². The molecule has 2 amide bonds. The Hall–Kier alpha value is -2.90. The molecule has 0 bridgehead atoms. The highest BCUT2D eigenvalue weighted by atomic mass is 35.5. The number of carbonyl (C=O) groups is 3. The van der Waals surface area contributed by atoms with Gasteiger partial charge in [0.05, 0.1) is 12.1 Å². The summed E-state index contributed by atoms with van der Waals surface area (Å²) >= 11 is 12.0. The molecular formula is C20H15Cl2N3O4. The fraction of sp³-hybridized carbons (Fsp3) is 0.200. The molecule has 0 radical (unpaired) electrons. The molecule has 2 aromatic rings. The van der Waals surface area contributed by atoms with Crippen molar-refractivity contribution in [2.24, 2.45) is 5.10 Å². The molecule has 1 unspecified atom stereocenters. The lowest BCUT2D eigenvalue weighted by Gasteiger charge is -2.21. The van der Waals surface area contributed by atoms with Gasteiger partial charge in [0.2, 0.25) is 5.91 Å². The van der Waals surface area contributed by atoms with Gasteiger partial charge in [-0.2, -0.15) is 5.10 Å². The van der Waals surface area contributed by atoms with Crippen LogP contribution in [0.3, 0.4) is 0 Å². The normalized spacial score (nSPS) is 20.8. The van der Waals surface area contributed by atoms with Crippen molar-refractivity contribution in [3.63, 3.8) is 0 Å². The highest BCUT2D eigenvalue weighted by molar-refractivity contribution is 6.39. The Kier molecular flexibility index (Phi) is 5.02. The van der Waals surface area contributed by atoms with E-state index in [1.54, 1.807) is 0 Å². The van der Waals surface area contributed by atoms with Crippen molar-refractivity contribution in [3.8, 4) is 0 Å². The van der Waals surface area contributed by atoms with Gasteiger partial charge in [-0.1, -0.05) is 53.5 Å². The largest absolute Gasteiger partial charge is 0.456 e. The van der Waals surface area contributed by atoms with E-state index in [0.717, 1.165) is 10.5 Å².